The molecule has 0 aromatic rings. The third kappa shape index (κ3) is 2.45. The fourth-order valence-electron chi connectivity index (χ4n) is 2.18. The minimum atomic E-state index is -0.725. The van der Waals surface area contributed by atoms with E-state index in [-0.39, 0.29) is 23.8 Å². The summed E-state index contributed by atoms with van der Waals surface area (Å²) < 4.78 is 0. The SMILES string of the molecule is CCCN1C(=O)C(C(C)CC)NC(=O)C1(C)C. The van der Waals surface area contributed by atoms with Crippen LogP contribution in [0.15, 0.2) is 0 Å². The molecular weight excluding hydrogens is 216 g/mol. The number of carbonyl (C=O) groups is 2. The first-order valence-corrected chi connectivity index (χ1v) is 6.48. The summed E-state index contributed by atoms with van der Waals surface area (Å²) in [5.74, 6) is 0.198. The molecule has 1 rings (SSSR count). The van der Waals surface area contributed by atoms with Crippen molar-refractivity contribution in [2.24, 2.45) is 5.92 Å². The number of hydrogen-bond acceptors (Lipinski definition) is 2. The smallest absolute Gasteiger partial charge is 0.246 e. The Morgan fingerprint density at radius 2 is 1.94 bits per heavy atom. The van der Waals surface area contributed by atoms with Crippen LogP contribution in [0.3, 0.4) is 0 Å². The summed E-state index contributed by atoms with van der Waals surface area (Å²) in [6.45, 7) is 10.3. The predicted octanol–water partition coefficient (Wildman–Crippen LogP) is 1.55. The number of rotatable bonds is 4. The molecule has 1 fully saturated rings. The molecule has 2 unspecified atom stereocenters. The van der Waals surface area contributed by atoms with Gasteiger partial charge >= 0.3 is 0 Å². The van der Waals surface area contributed by atoms with Gasteiger partial charge in [0.15, 0.2) is 0 Å². The van der Waals surface area contributed by atoms with Crippen molar-refractivity contribution in [1.82, 2.24) is 10.2 Å². The Morgan fingerprint density at radius 1 is 1.35 bits per heavy atom. The van der Waals surface area contributed by atoms with Gasteiger partial charge in [-0.2, -0.15) is 0 Å². The summed E-state index contributed by atoms with van der Waals surface area (Å²) in [6.07, 6.45) is 1.76. The molecule has 4 heteroatoms. The summed E-state index contributed by atoms with van der Waals surface area (Å²) in [6, 6.07) is -0.355. The van der Waals surface area contributed by atoms with Crippen molar-refractivity contribution >= 4 is 11.8 Å². The van der Waals surface area contributed by atoms with Gasteiger partial charge in [-0.15, -0.1) is 0 Å². The van der Waals surface area contributed by atoms with Gasteiger partial charge in [0.05, 0.1) is 0 Å². The molecule has 2 atom stereocenters. The monoisotopic (exact) mass is 240 g/mol. The Hall–Kier alpha value is -1.06. The molecule has 0 aromatic carbocycles. The molecule has 0 radical (unpaired) electrons. The third-order valence-electron chi connectivity index (χ3n) is 3.71. The van der Waals surface area contributed by atoms with Crippen LogP contribution in [-0.2, 0) is 9.59 Å². The van der Waals surface area contributed by atoms with Crippen molar-refractivity contribution in [3.8, 4) is 0 Å². The van der Waals surface area contributed by atoms with Gasteiger partial charge in [0.25, 0.3) is 0 Å². The molecule has 1 aliphatic rings. The van der Waals surface area contributed by atoms with E-state index in [1.807, 2.05) is 34.6 Å². The zero-order chi connectivity index (χ0) is 13.2. The van der Waals surface area contributed by atoms with E-state index in [2.05, 4.69) is 5.32 Å². The number of nitrogens with zero attached hydrogens (tertiary/aromatic N) is 1. The molecule has 0 spiro atoms. The summed E-state index contributed by atoms with van der Waals surface area (Å²) in [4.78, 5) is 26.2. The van der Waals surface area contributed by atoms with Crippen LogP contribution in [0.5, 0.6) is 0 Å². The van der Waals surface area contributed by atoms with Crippen LogP contribution in [0.2, 0.25) is 0 Å². The minimum absolute atomic E-state index is 0.0455. The lowest BCUT2D eigenvalue weighted by molar-refractivity contribution is -0.156. The van der Waals surface area contributed by atoms with Gasteiger partial charge in [-0.1, -0.05) is 27.2 Å². The van der Waals surface area contributed by atoms with E-state index in [9.17, 15) is 9.59 Å². The van der Waals surface area contributed by atoms with Crippen LogP contribution in [0.25, 0.3) is 0 Å². The van der Waals surface area contributed by atoms with E-state index in [0.717, 1.165) is 12.8 Å². The fraction of sp³-hybridized carbons (Fsp3) is 0.846. The molecule has 1 saturated heterocycles. The molecule has 0 aliphatic carbocycles. The summed E-state index contributed by atoms with van der Waals surface area (Å²) >= 11 is 0. The van der Waals surface area contributed by atoms with Gasteiger partial charge in [-0.05, 0) is 26.2 Å². The van der Waals surface area contributed by atoms with Crippen LogP contribution in [0, 0.1) is 5.92 Å². The number of nitrogens with one attached hydrogen (secondary N) is 1. The maximum absolute atomic E-state index is 12.4. The standard InChI is InChI=1S/C13H24N2O2/c1-6-8-15-11(16)10(9(3)7-2)14-12(17)13(15,4)5/h9-10H,6-8H2,1-5H3,(H,14,17). The topological polar surface area (TPSA) is 49.4 Å². The molecule has 2 amide bonds. The average molecular weight is 240 g/mol. The van der Waals surface area contributed by atoms with Crippen LogP contribution < -0.4 is 5.32 Å². The third-order valence-corrected chi connectivity index (χ3v) is 3.71. The molecule has 98 valence electrons. The molecule has 17 heavy (non-hydrogen) atoms. The molecule has 0 bridgehead atoms. The number of hydrogen-bond donors (Lipinski definition) is 1. The van der Waals surface area contributed by atoms with Crippen LogP contribution in [0.4, 0.5) is 0 Å². The van der Waals surface area contributed by atoms with Crippen molar-refractivity contribution < 1.29 is 9.59 Å². The second-order valence-corrected chi connectivity index (χ2v) is 5.39. The van der Waals surface area contributed by atoms with Crippen LogP contribution >= 0.6 is 0 Å². The molecule has 0 saturated carbocycles. The van der Waals surface area contributed by atoms with Crippen LogP contribution in [0.1, 0.15) is 47.5 Å². The number of amides is 2. The van der Waals surface area contributed by atoms with E-state index in [1.165, 1.54) is 0 Å². The molecule has 0 aromatic heterocycles. The normalized spacial score (nSPS) is 25.7. The first kappa shape index (κ1) is 14.0. The summed E-state index contributed by atoms with van der Waals surface area (Å²) in [5.41, 5.74) is -0.725. The van der Waals surface area contributed by atoms with Gasteiger partial charge in [-0.3, -0.25) is 9.59 Å². The van der Waals surface area contributed by atoms with Crippen molar-refractivity contribution in [2.45, 2.75) is 59.0 Å². The largest absolute Gasteiger partial charge is 0.342 e. The highest BCUT2D eigenvalue weighted by molar-refractivity contribution is 5.99. The zero-order valence-corrected chi connectivity index (χ0v) is 11.5. The lowest BCUT2D eigenvalue weighted by atomic mass is 9.89. The van der Waals surface area contributed by atoms with Gasteiger partial charge in [0, 0.05) is 6.54 Å². The van der Waals surface area contributed by atoms with E-state index in [4.69, 9.17) is 0 Å². The maximum atomic E-state index is 12.4. The Kier molecular flexibility index (Phi) is 4.17. The van der Waals surface area contributed by atoms with Gasteiger partial charge < -0.3 is 10.2 Å². The molecule has 1 heterocycles. The quantitative estimate of drug-likeness (QED) is 0.810. The molecule has 1 N–H and O–H groups in total. The Morgan fingerprint density at radius 3 is 2.41 bits per heavy atom. The van der Waals surface area contributed by atoms with E-state index < -0.39 is 5.54 Å². The van der Waals surface area contributed by atoms with Gasteiger partial charge in [-0.25, -0.2) is 0 Å². The summed E-state index contributed by atoms with van der Waals surface area (Å²) in [7, 11) is 0. The van der Waals surface area contributed by atoms with Crippen molar-refractivity contribution in [3.63, 3.8) is 0 Å². The zero-order valence-electron chi connectivity index (χ0n) is 11.5. The molecular formula is C13H24N2O2. The second-order valence-electron chi connectivity index (χ2n) is 5.39. The summed E-state index contributed by atoms with van der Waals surface area (Å²) in [5, 5.41) is 2.87. The molecule has 4 nitrogen and oxygen atoms in total. The maximum Gasteiger partial charge on any atom is 0.246 e. The predicted molar refractivity (Wildman–Crippen MR) is 67.5 cm³/mol. The Balaban J connectivity index is 2.98. The Labute approximate surface area is 104 Å². The van der Waals surface area contributed by atoms with E-state index in [1.54, 1.807) is 4.90 Å². The lowest BCUT2D eigenvalue weighted by Crippen LogP contribution is -2.69. The first-order valence-electron chi connectivity index (χ1n) is 6.48. The van der Waals surface area contributed by atoms with E-state index >= 15 is 0 Å². The average Bonchev–Trinajstić information content (AvgIpc) is 2.28. The van der Waals surface area contributed by atoms with Crippen LogP contribution in [-0.4, -0.2) is 34.8 Å². The van der Waals surface area contributed by atoms with Crippen molar-refractivity contribution in [1.29, 1.82) is 0 Å². The Bertz CT molecular complexity index is 313. The van der Waals surface area contributed by atoms with Gasteiger partial charge in [0.1, 0.15) is 11.6 Å². The molecule has 1 aliphatic heterocycles. The minimum Gasteiger partial charge on any atom is -0.342 e. The highest BCUT2D eigenvalue weighted by Gasteiger charge is 2.46. The highest BCUT2D eigenvalue weighted by atomic mass is 16.2. The van der Waals surface area contributed by atoms with Crippen molar-refractivity contribution in [2.75, 3.05) is 6.54 Å². The fourth-order valence-corrected chi connectivity index (χ4v) is 2.18. The van der Waals surface area contributed by atoms with Gasteiger partial charge in [0.2, 0.25) is 11.8 Å². The lowest BCUT2D eigenvalue weighted by Gasteiger charge is -2.45. The van der Waals surface area contributed by atoms with Crippen molar-refractivity contribution in [3.05, 3.63) is 0 Å². The number of piperazine rings is 1. The highest BCUT2D eigenvalue weighted by Crippen LogP contribution is 2.24. The van der Waals surface area contributed by atoms with E-state index in [0.29, 0.717) is 6.54 Å². The first-order chi connectivity index (χ1) is 7.86. The number of carbonyl (C=O) groups excluding carboxylic acids is 2. The second kappa shape index (κ2) is 5.07.